The Bertz CT molecular complexity index is 666. The smallest absolute Gasteiger partial charge is 0.305 e. The van der Waals surface area contributed by atoms with Crippen LogP contribution in [-0.4, -0.2) is 49.1 Å². The van der Waals surface area contributed by atoms with E-state index in [2.05, 4.69) is 10.1 Å². The normalized spacial score (nSPS) is 18.6. The van der Waals surface area contributed by atoms with Gasteiger partial charge in [0.15, 0.2) is 0 Å². The van der Waals surface area contributed by atoms with Crippen molar-refractivity contribution < 1.29 is 14.7 Å². The van der Waals surface area contributed by atoms with Crippen LogP contribution in [-0.2, 0) is 4.79 Å². The molecule has 1 aliphatic heterocycles. The van der Waals surface area contributed by atoms with Crippen LogP contribution in [0.1, 0.15) is 29.6 Å². The second-order valence-corrected chi connectivity index (χ2v) is 4.86. The number of carbonyl (C=O) groups excluding carboxylic acids is 1. The molecule has 1 saturated heterocycles. The van der Waals surface area contributed by atoms with Crippen molar-refractivity contribution in [1.29, 1.82) is 0 Å². The van der Waals surface area contributed by atoms with E-state index in [0.717, 1.165) is 12.8 Å². The fourth-order valence-electron chi connectivity index (χ4n) is 2.67. The van der Waals surface area contributed by atoms with Gasteiger partial charge in [0.2, 0.25) is 0 Å². The SMILES string of the molecule is O=C(O)CC1CCCN1C(=O)c1cnn2ccncc12. The second-order valence-electron chi connectivity index (χ2n) is 4.86. The summed E-state index contributed by atoms with van der Waals surface area (Å²) in [6.45, 7) is 0.592. The number of amides is 1. The fourth-order valence-corrected chi connectivity index (χ4v) is 2.67. The van der Waals surface area contributed by atoms with Gasteiger partial charge in [-0.1, -0.05) is 0 Å². The quantitative estimate of drug-likeness (QED) is 0.894. The number of fused-ring (bicyclic) bond motifs is 1. The molecule has 0 radical (unpaired) electrons. The molecule has 0 saturated carbocycles. The first-order chi connectivity index (χ1) is 9.66. The Morgan fingerprint density at radius 1 is 1.40 bits per heavy atom. The van der Waals surface area contributed by atoms with Gasteiger partial charge < -0.3 is 10.0 Å². The standard InChI is InChI=1S/C13H14N4O3/c18-12(19)6-9-2-1-4-16(9)13(20)10-7-15-17-5-3-14-8-11(10)17/h3,5,7-9H,1-2,4,6H2,(H,18,19). The minimum atomic E-state index is -0.878. The Morgan fingerprint density at radius 2 is 2.25 bits per heavy atom. The number of aromatic nitrogens is 3. The van der Waals surface area contributed by atoms with Gasteiger partial charge in [0.1, 0.15) is 0 Å². The molecule has 1 N–H and O–H groups in total. The van der Waals surface area contributed by atoms with Crippen LogP contribution in [0.4, 0.5) is 0 Å². The highest BCUT2D eigenvalue weighted by Gasteiger charge is 2.32. The summed E-state index contributed by atoms with van der Waals surface area (Å²) in [5.74, 6) is -1.05. The average molecular weight is 274 g/mol. The van der Waals surface area contributed by atoms with Crippen LogP contribution in [0.15, 0.2) is 24.8 Å². The summed E-state index contributed by atoms with van der Waals surface area (Å²) < 4.78 is 1.59. The third kappa shape index (κ3) is 2.11. The highest BCUT2D eigenvalue weighted by atomic mass is 16.4. The van der Waals surface area contributed by atoms with Gasteiger partial charge in [-0.25, -0.2) is 4.52 Å². The Hall–Kier alpha value is -2.44. The summed E-state index contributed by atoms with van der Waals surface area (Å²) in [6, 6.07) is -0.230. The van der Waals surface area contributed by atoms with Gasteiger partial charge in [0, 0.05) is 25.0 Å². The number of carboxylic acids is 1. The summed E-state index contributed by atoms with van der Waals surface area (Å²) in [6.07, 6.45) is 7.92. The number of likely N-dealkylation sites (tertiary alicyclic amines) is 1. The first-order valence-corrected chi connectivity index (χ1v) is 6.47. The van der Waals surface area contributed by atoms with Crippen molar-refractivity contribution in [3.05, 3.63) is 30.4 Å². The molecule has 3 heterocycles. The van der Waals surface area contributed by atoms with E-state index in [1.165, 1.54) is 6.20 Å². The monoisotopic (exact) mass is 274 g/mol. The largest absolute Gasteiger partial charge is 0.481 e. The third-order valence-electron chi connectivity index (χ3n) is 3.60. The molecule has 0 aromatic carbocycles. The molecular formula is C13H14N4O3. The van der Waals surface area contributed by atoms with E-state index in [1.807, 2.05) is 0 Å². The summed E-state index contributed by atoms with van der Waals surface area (Å²) in [4.78, 5) is 29.1. The van der Waals surface area contributed by atoms with Crippen molar-refractivity contribution in [3.8, 4) is 0 Å². The highest BCUT2D eigenvalue weighted by Crippen LogP contribution is 2.23. The van der Waals surface area contributed by atoms with Crippen LogP contribution in [0.25, 0.3) is 5.52 Å². The van der Waals surface area contributed by atoms with Crippen LogP contribution in [0, 0.1) is 0 Å². The maximum Gasteiger partial charge on any atom is 0.305 e. The van der Waals surface area contributed by atoms with Gasteiger partial charge in [0.05, 0.1) is 29.9 Å². The summed E-state index contributed by atoms with van der Waals surface area (Å²) in [5, 5.41) is 13.0. The molecule has 2 aromatic heterocycles. The summed E-state index contributed by atoms with van der Waals surface area (Å²) >= 11 is 0. The number of aliphatic carboxylic acids is 1. The van der Waals surface area contributed by atoms with Crippen molar-refractivity contribution in [2.24, 2.45) is 0 Å². The van der Waals surface area contributed by atoms with Gasteiger partial charge in [0.25, 0.3) is 5.91 Å². The minimum Gasteiger partial charge on any atom is -0.481 e. The van der Waals surface area contributed by atoms with E-state index in [1.54, 1.807) is 28.0 Å². The van der Waals surface area contributed by atoms with Crippen LogP contribution in [0.2, 0.25) is 0 Å². The van der Waals surface area contributed by atoms with Crippen LogP contribution < -0.4 is 0 Å². The molecular weight excluding hydrogens is 260 g/mol. The molecule has 20 heavy (non-hydrogen) atoms. The van der Waals surface area contributed by atoms with Crippen molar-refractivity contribution >= 4 is 17.4 Å². The summed E-state index contributed by atoms with van der Waals surface area (Å²) in [5.41, 5.74) is 1.11. The van der Waals surface area contributed by atoms with Gasteiger partial charge in [-0.2, -0.15) is 5.10 Å². The molecule has 104 valence electrons. The number of hydrogen-bond acceptors (Lipinski definition) is 4. The van der Waals surface area contributed by atoms with Gasteiger partial charge >= 0.3 is 5.97 Å². The zero-order chi connectivity index (χ0) is 14.1. The lowest BCUT2D eigenvalue weighted by atomic mass is 10.1. The molecule has 7 nitrogen and oxygen atoms in total. The Labute approximate surface area is 114 Å². The summed E-state index contributed by atoms with van der Waals surface area (Å²) in [7, 11) is 0. The molecule has 0 aliphatic carbocycles. The molecule has 1 aliphatic rings. The molecule has 0 bridgehead atoms. The van der Waals surface area contributed by atoms with E-state index in [-0.39, 0.29) is 18.4 Å². The van der Waals surface area contributed by atoms with Gasteiger partial charge in [-0.3, -0.25) is 14.6 Å². The number of hydrogen-bond donors (Lipinski definition) is 1. The van der Waals surface area contributed by atoms with Crippen molar-refractivity contribution in [1.82, 2.24) is 19.5 Å². The Morgan fingerprint density at radius 3 is 3.05 bits per heavy atom. The van der Waals surface area contributed by atoms with E-state index < -0.39 is 5.97 Å². The zero-order valence-corrected chi connectivity index (χ0v) is 10.8. The third-order valence-corrected chi connectivity index (χ3v) is 3.60. The average Bonchev–Trinajstić information content (AvgIpc) is 3.03. The topological polar surface area (TPSA) is 87.8 Å². The predicted molar refractivity (Wildman–Crippen MR) is 69.3 cm³/mol. The highest BCUT2D eigenvalue weighted by molar-refractivity contribution is 6.00. The lowest BCUT2D eigenvalue weighted by Crippen LogP contribution is -2.36. The molecule has 1 fully saturated rings. The maximum atomic E-state index is 12.6. The fraction of sp³-hybridized carbons (Fsp3) is 0.385. The Kier molecular flexibility index (Phi) is 3.09. The first-order valence-electron chi connectivity index (χ1n) is 6.47. The van der Waals surface area contributed by atoms with E-state index in [0.29, 0.717) is 17.6 Å². The Balaban J connectivity index is 1.90. The van der Waals surface area contributed by atoms with Crippen molar-refractivity contribution in [3.63, 3.8) is 0 Å². The molecule has 1 atom stereocenters. The van der Waals surface area contributed by atoms with Gasteiger partial charge in [-0.15, -0.1) is 0 Å². The van der Waals surface area contributed by atoms with Crippen LogP contribution >= 0.6 is 0 Å². The zero-order valence-electron chi connectivity index (χ0n) is 10.8. The second kappa shape index (κ2) is 4.92. The molecule has 7 heteroatoms. The minimum absolute atomic E-state index is 0.0107. The number of carbonyl (C=O) groups is 2. The number of carboxylic acid groups (broad SMARTS) is 1. The molecule has 0 spiro atoms. The van der Waals surface area contributed by atoms with E-state index in [4.69, 9.17) is 5.11 Å². The predicted octanol–water partition coefficient (Wildman–Crippen LogP) is 0.809. The first kappa shape index (κ1) is 12.6. The lowest BCUT2D eigenvalue weighted by Gasteiger charge is -2.22. The van der Waals surface area contributed by atoms with E-state index in [9.17, 15) is 9.59 Å². The molecule has 1 unspecified atom stereocenters. The number of nitrogens with zero attached hydrogens (tertiary/aromatic N) is 4. The van der Waals surface area contributed by atoms with Crippen molar-refractivity contribution in [2.75, 3.05) is 6.54 Å². The lowest BCUT2D eigenvalue weighted by molar-refractivity contribution is -0.137. The van der Waals surface area contributed by atoms with E-state index >= 15 is 0 Å². The molecule has 3 rings (SSSR count). The van der Waals surface area contributed by atoms with Crippen molar-refractivity contribution in [2.45, 2.75) is 25.3 Å². The number of rotatable bonds is 3. The van der Waals surface area contributed by atoms with Crippen LogP contribution in [0.5, 0.6) is 0 Å². The molecule has 2 aromatic rings. The van der Waals surface area contributed by atoms with Crippen LogP contribution in [0.3, 0.4) is 0 Å². The maximum absolute atomic E-state index is 12.6. The molecule has 1 amide bonds. The van der Waals surface area contributed by atoms with Gasteiger partial charge in [-0.05, 0) is 12.8 Å².